The van der Waals surface area contributed by atoms with E-state index in [-0.39, 0.29) is 12.1 Å². The number of carbonyl (C=O) groups is 1. The summed E-state index contributed by atoms with van der Waals surface area (Å²) in [5.74, 6) is 0.467. The van der Waals surface area contributed by atoms with Gasteiger partial charge in [0.1, 0.15) is 0 Å². The van der Waals surface area contributed by atoms with Gasteiger partial charge >= 0.3 is 6.03 Å². The number of carbonyl (C=O) groups excluding carboxylic acids is 1. The van der Waals surface area contributed by atoms with Crippen LogP contribution < -0.4 is 16.4 Å². The van der Waals surface area contributed by atoms with Gasteiger partial charge in [-0.15, -0.1) is 0 Å². The maximum absolute atomic E-state index is 11.6. The topological polar surface area (TPSA) is 67.1 Å². The number of hydrogen-bond acceptors (Lipinski definition) is 2. The van der Waals surface area contributed by atoms with Crippen LogP contribution in [0.4, 0.5) is 4.79 Å². The molecule has 0 aromatic rings. The van der Waals surface area contributed by atoms with Crippen LogP contribution in [0, 0.1) is 5.92 Å². The second-order valence-corrected chi connectivity index (χ2v) is 4.93. The van der Waals surface area contributed by atoms with Crippen molar-refractivity contribution in [1.29, 1.82) is 0 Å². The summed E-state index contributed by atoms with van der Waals surface area (Å²) in [6.07, 6.45) is 5.63. The molecule has 0 aliphatic heterocycles. The molecular formula is C10H17N3OS. The molecule has 15 heavy (non-hydrogen) atoms. The smallest absolute Gasteiger partial charge is 0.315 e. The molecule has 0 aromatic carbocycles. The highest BCUT2D eigenvalue weighted by molar-refractivity contribution is 7.80. The van der Waals surface area contributed by atoms with Crippen LogP contribution in [0.1, 0.15) is 32.1 Å². The van der Waals surface area contributed by atoms with E-state index >= 15 is 0 Å². The third-order valence-corrected chi connectivity index (χ3v) is 3.38. The Morgan fingerprint density at radius 1 is 1.33 bits per heavy atom. The number of hydrogen-bond donors (Lipinski definition) is 3. The van der Waals surface area contributed by atoms with Crippen LogP contribution in [0.3, 0.4) is 0 Å². The number of amides is 2. The molecule has 2 rings (SSSR count). The van der Waals surface area contributed by atoms with Gasteiger partial charge in [-0.3, -0.25) is 0 Å². The number of nitrogens with one attached hydrogen (secondary N) is 2. The Morgan fingerprint density at radius 3 is 2.40 bits per heavy atom. The fourth-order valence-corrected chi connectivity index (χ4v) is 2.02. The van der Waals surface area contributed by atoms with E-state index in [4.69, 9.17) is 18.0 Å². The molecule has 2 saturated carbocycles. The van der Waals surface area contributed by atoms with E-state index in [1.54, 1.807) is 0 Å². The molecule has 5 heteroatoms. The van der Waals surface area contributed by atoms with Gasteiger partial charge in [0.2, 0.25) is 0 Å². The molecule has 2 aliphatic rings. The largest absolute Gasteiger partial charge is 0.392 e. The predicted octanol–water partition coefficient (Wildman–Crippen LogP) is 0.903. The van der Waals surface area contributed by atoms with Crippen molar-refractivity contribution < 1.29 is 4.79 Å². The maximum Gasteiger partial charge on any atom is 0.315 e. The molecule has 1 atom stereocenters. The highest BCUT2D eigenvalue weighted by Crippen LogP contribution is 2.32. The lowest BCUT2D eigenvalue weighted by Gasteiger charge is -2.27. The minimum Gasteiger partial charge on any atom is -0.392 e. The zero-order valence-electron chi connectivity index (χ0n) is 8.66. The van der Waals surface area contributed by atoms with Gasteiger partial charge in [-0.2, -0.15) is 0 Å². The van der Waals surface area contributed by atoms with Crippen LogP contribution in [0.2, 0.25) is 0 Å². The fourth-order valence-electron chi connectivity index (χ4n) is 1.77. The standard InChI is InChI=1S/C10H17N3OS/c11-9(15)8(6-4-5-6)13-10(14)12-7-2-1-3-7/h6-8H,1-5H2,(H2,11,15)(H2,12,13,14). The average Bonchev–Trinajstić information content (AvgIpc) is 2.90. The van der Waals surface area contributed by atoms with Gasteiger partial charge in [0.25, 0.3) is 0 Å². The Bertz CT molecular complexity index is 274. The minimum atomic E-state index is -0.121. The van der Waals surface area contributed by atoms with Gasteiger partial charge in [-0.1, -0.05) is 12.2 Å². The number of rotatable bonds is 4. The van der Waals surface area contributed by atoms with E-state index in [1.165, 1.54) is 6.42 Å². The van der Waals surface area contributed by atoms with Crippen LogP contribution in [0.25, 0.3) is 0 Å². The molecule has 0 heterocycles. The lowest BCUT2D eigenvalue weighted by molar-refractivity contribution is 0.226. The number of urea groups is 1. The van der Waals surface area contributed by atoms with E-state index in [2.05, 4.69) is 10.6 Å². The second-order valence-electron chi connectivity index (χ2n) is 4.46. The summed E-state index contributed by atoms with van der Waals surface area (Å²) in [5, 5.41) is 5.78. The second kappa shape index (κ2) is 4.35. The number of nitrogens with two attached hydrogens (primary N) is 1. The van der Waals surface area contributed by atoms with Crippen LogP contribution in [-0.2, 0) is 0 Å². The van der Waals surface area contributed by atoms with Gasteiger partial charge in [0, 0.05) is 6.04 Å². The van der Waals surface area contributed by atoms with Crippen molar-refractivity contribution in [3.63, 3.8) is 0 Å². The van der Waals surface area contributed by atoms with Crippen molar-refractivity contribution in [2.75, 3.05) is 0 Å². The van der Waals surface area contributed by atoms with Gasteiger partial charge in [0.05, 0.1) is 11.0 Å². The quantitative estimate of drug-likeness (QED) is 0.625. The first-order chi connectivity index (χ1) is 7.16. The van der Waals surface area contributed by atoms with E-state index in [1.807, 2.05) is 0 Å². The summed E-state index contributed by atoms with van der Waals surface area (Å²) >= 11 is 4.94. The Morgan fingerprint density at radius 2 is 2.00 bits per heavy atom. The van der Waals surface area contributed by atoms with Crippen molar-refractivity contribution >= 4 is 23.2 Å². The molecule has 0 bridgehead atoms. The van der Waals surface area contributed by atoms with Gasteiger partial charge in [0.15, 0.2) is 0 Å². The molecule has 0 aromatic heterocycles. The Balaban J connectivity index is 1.77. The summed E-state index contributed by atoms with van der Waals surface area (Å²) in [7, 11) is 0. The first-order valence-electron chi connectivity index (χ1n) is 5.53. The van der Waals surface area contributed by atoms with Crippen molar-refractivity contribution in [1.82, 2.24) is 10.6 Å². The molecule has 1 unspecified atom stereocenters. The summed E-state index contributed by atoms with van der Waals surface area (Å²) < 4.78 is 0. The zero-order chi connectivity index (χ0) is 10.8. The highest BCUT2D eigenvalue weighted by Gasteiger charge is 2.34. The SMILES string of the molecule is NC(=S)C(NC(=O)NC1CCC1)C1CC1. The minimum absolute atomic E-state index is 0.111. The third kappa shape index (κ3) is 2.81. The van der Waals surface area contributed by atoms with Gasteiger partial charge in [-0.25, -0.2) is 4.79 Å². The lowest BCUT2D eigenvalue weighted by Crippen LogP contribution is -2.52. The average molecular weight is 227 g/mol. The summed E-state index contributed by atoms with van der Waals surface area (Å²) in [4.78, 5) is 12.0. The predicted molar refractivity (Wildman–Crippen MR) is 62.6 cm³/mol. The Hall–Kier alpha value is -0.840. The molecule has 2 amide bonds. The zero-order valence-corrected chi connectivity index (χ0v) is 9.48. The molecule has 2 fully saturated rings. The molecule has 0 saturated heterocycles. The Kier molecular flexibility index (Phi) is 3.09. The molecular weight excluding hydrogens is 210 g/mol. The molecule has 0 spiro atoms. The molecule has 2 aliphatic carbocycles. The van der Waals surface area contributed by atoms with Crippen molar-refractivity contribution in [3.05, 3.63) is 0 Å². The molecule has 4 N–H and O–H groups in total. The summed E-state index contributed by atoms with van der Waals surface area (Å²) in [6.45, 7) is 0. The van der Waals surface area contributed by atoms with E-state index in [0.29, 0.717) is 16.9 Å². The number of thiocarbonyl (C=S) groups is 1. The monoisotopic (exact) mass is 227 g/mol. The third-order valence-electron chi connectivity index (χ3n) is 3.13. The van der Waals surface area contributed by atoms with Crippen molar-refractivity contribution in [2.24, 2.45) is 11.7 Å². The van der Waals surface area contributed by atoms with Crippen molar-refractivity contribution in [2.45, 2.75) is 44.2 Å². The molecule has 4 nitrogen and oxygen atoms in total. The van der Waals surface area contributed by atoms with Crippen LogP contribution in [-0.4, -0.2) is 23.1 Å². The van der Waals surface area contributed by atoms with Crippen molar-refractivity contribution in [3.8, 4) is 0 Å². The van der Waals surface area contributed by atoms with Crippen LogP contribution >= 0.6 is 12.2 Å². The molecule has 84 valence electrons. The van der Waals surface area contributed by atoms with Gasteiger partial charge < -0.3 is 16.4 Å². The summed E-state index contributed by atoms with van der Waals surface area (Å²) in [5.41, 5.74) is 5.59. The first-order valence-corrected chi connectivity index (χ1v) is 5.94. The van der Waals surface area contributed by atoms with Gasteiger partial charge in [-0.05, 0) is 38.0 Å². The molecule has 0 radical (unpaired) electrons. The first kappa shape index (κ1) is 10.7. The summed E-state index contributed by atoms with van der Waals surface area (Å²) in [6, 6.07) is 0.126. The highest BCUT2D eigenvalue weighted by atomic mass is 32.1. The van der Waals surface area contributed by atoms with E-state index < -0.39 is 0 Å². The van der Waals surface area contributed by atoms with Crippen LogP contribution in [0.15, 0.2) is 0 Å². The fraction of sp³-hybridized carbons (Fsp3) is 0.800. The lowest BCUT2D eigenvalue weighted by atomic mass is 9.93. The Labute approximate surface area is 95.0 Å². The van der Waals surface area contributed by atoms with Crippen LogP contribution in [0.5, 0.6) is 0 Å². The maximum atomic E-state index is 11.6. The van der Waals surface area contributed by atoms with E-state index in [0.717, 1.165) is 25.7 Å². The van der Waals surface area contributed by atoms with E-state index in [9.17, 15) is 4.79 Å². The normalized spacial score (nSPS) is 22.7.